The quantitative estimate of drug-likeness (QED) is 0.757. The minimum Gasteiger partial charge on any atom is -0.344 e. The molecule has 1 amide bonds. The highest BCUT2D eigenvalue weighted by Crippen LogP contribution is 2.15. The molecular formula is C11H20N4O. The Balaban J connectivity index is 2.88. The fourth-order valence-electron chi connectivity index (χ4n) is 1.70. The summed E-state index contributed by atoms with van der Waals surface area (Å²) >= 11 is 0. The Bertz CT molecular complexity index is 320. The van der Waals surface area contributed by atoms with Gasteiger partial charge >= 0.3 is 0 Å². The van der Waals surface area contributed by atoms with Crippen LogP contribution >= 0.6 is 0 Å². The van der Waals surface area contributed by atoms with Crippen molar-refractivity contribution in [2.24, 2.45) is 16.1 Å². The van der Waals surface area contributed by atoms with E-state index in [-0.39, 0.29) is 11.8 Å². The van der Waals surface area contributed by atoms with Gasteiger partial charge < -0.3 is 10.2 Å². The standard InChI is InChI=1S/C11H20N4O/c1-5-9-6-8(7-12-2)10(14-13-9)11(16)15(3)4/h8,12H,5-7H2,1-4H3. The molecule has 16 heavy (non-hydrogen) atoms. The summed E-state index contributed by atoms with van der Waals surface area (Å²) in [5.74, 6) is 0.103. The lowest BCUT2D eigenvalue weighted by Gasteiger charge is -2.23. The third kappa shape index (κ3) is 2.88. The number of hydrogen-bond acceptors (Lipinski definition) is 4. The molecule has 0 aromatic carbocycles. The van der Waals surface area contributed by atoms with Crippen molar-refractivity contribution in [3.05, 3.63) is 0 Å². The number of hydrogen-bond donors (Lipinski definition) is 1. The second-order valence-corrected chi connectivity index (χ2v) is 4.16. The van der Waals surface area contributed by atoms with Crippen molar-refractivity contribution in [1.29, 1.82) is 0 Å². The lowest BCUT2D eigenvalue weighted by Crippen LogP contribution is -2.40. The van der Waals surface area contributed by atoms with Gasteiger partial charge in [0.1, 0.15) is 5.71 Å². The lowest BCUT2D eigenvalue weighted by molar-refractivity contribution is -0.122. The maximum absolute atomic E-state index is 11.9. The van der Waals surface area contributed by atoms with Crippen LogP contribution in [0.5, 0.6) is 0 Å². The SMILES string of the molecule is CCC1=NN=C(C(=O)N(C)C)C(CNC)C1. The van der Waals surface area contributed by atoms with Crippen molar-refractivity contribution in [2.75, 3.05) is 27.7 Å². The van der Waals surface area contributed by atoms with Crippen LogP contribution in [0.2, 0.25) is 0 Å². The first-order valence-electron chi connectivity index (χ1n) is 5.59. The van der Waals surface area contributed by atoms with Crippen LogP contribution < -0.4 is 5.32 Å². The summed E-state index contributed by atoms with van der Waals surface area (Å²) in [6.07, 6.45) is 1.73. The molecule has 90 valence electrons. The maximum atomic E-state index is 11.9. The van der Waals surface area contributed by atoms with Crippen molar-refractivity contribution in [2.45, 2.75) is 19.8 Å². The Morgan fingerprint density at radius 1 is 1.50 bits per heavy atom. The number of rotatable bonds is 4. The molecule has 0 aromatic heterocycles. The van der Waals surface area contributed by atoms with Gasteiger partial charge in [-0.25, -0.2) is 0 Å². The first-order valence-corrected chi connectivity index (χ1v) is 5.59. The predicted octanol–water partition coefficient (Wildman–Crippen LogP) is 0.521. The smallest absolute Gasteiger partial charge is 0.269 e. The molecule has 1 aliphatic heterocycles. The van der Waals surface area contributed by atoms with E-state index in [1.807, 2.05) is 7.05 Å². The molecule has 1 rings (SSSR count). The Kier molecular flexibility index (Phi) is 4.61. The molecule has 0 saturated heterocycles. The second-order valence-electron chi connectivity index (χ2n) is 4.16. The van der Waals surface area contributed by atoms with Crippen LogP contribution in [0.4, 0.5) is 0 Å². The summed E-state index contributed by atoms with van der Waals surface area (Å²) in [6, 6.07) is 0. The van der Waals surface area contributed by atoms with E-state index in [2.05, 4.69) is 22.4 Å². The summed E-state index contributed by atoms with van der Waals surface area (Å²) in [5, 5.41) is 11.3. The molecule has 1 heterocycles. The zero-order valence-electron chi connectivity index (χ0n) is 10.4. The average molecular weight is 224 g/mol. The summed E-state index contributed by atoms with van der Waals surface area (Å²) in [7, 11) is 5.36. The number of amides is 1. The molecule has 1 aliphatic rings. The van der Waals surface area contributed by atoms with E-state index in [0.717, 1.165) is 25.1 Å². The molecule has 0 spiro atoms. The molecular weight excluding hydrogens is 204 g/mol. The zero-order valence-corrected chi connectivity index (χ0v) is 10.4. The van der Waals surface area contributed by atoms with E-state index in [0.29, 0.717) is 5.71 Å². The van der Waals surface area contributed by atoms with Crippen molar-refractivity contribution >= 4 is 17.3 Å². The summed E-state index contributed by atoms with van der Waals surface area (Å²) in [4.78, 5) is 13.4. The van der Waals surface area contributed by atoms with Crippen molar-refractivity contribution in [3.8, 4) is 0 Å². The van der Waals surface area contributed by atoms with Crippen LogP contribution in [0.15, 0.2) is 10.2 Å². The van der Waals surface area contributed by atoms with E-state index in [1.54, 1.807) is 19.0 Å². The van der Waals surface area contributed by atoms with E-state index < -0.39 is 0 Å². The van der Waals surface area contributed by atoms with Gasteiger partial charge in [-0.15, -0.1) is 5.10 Å². The summed E-state index contributed by atoms with van der Waals surface area (Å²) in [5.41, 5.74) is 1.63. The first-order chi connectivity index (χ1) is 7.60. The second kappa shape index (κ2) is 5.75. The number of nitrogens with one attached hydrogen (secondary N) is 1. The Labute approximate surface area is 96.6 Å². The van der Waals surface area contributed by atoms with Crippen LogP contribution in [0.25, 0.3) is 0 Å². The van der Waals surface area contributed by atoms with Gasteiger partial charge in [-0.3, -0.25) is 4.79 Å². The van der Waals surface area contributed by atoms with Gasteiger partial charge in [0.05, 0.1) is 0 Å². The van der Waals surface area contributed by atoms with E-state index in [4.69, 9.17) is 0 Å². The van der Waals surface area contributed by atoms with Crippen LogP contribution in [0, 0.1) is 5.92 Å². The minimum atomic E-state index is -0.0425. The highest BCUT2D eigenvalue weighted by molar-refractivity contribution is 6.40. The molecule has 0 fully saturated rings. The number of nitrogens with zero attached hydrogens (tertiary/aromatic N) is 3. The molecule has 0 saturated carbocycles. The van der Waals surface area contributed by atoms with Crippen molar-refractivity contribution in [1.82, 2.24) is 10.2 Å². The van der Waals surface area contributed by atoms with Crippen LogP contribution in [-0.2, 0) is 4.79 Å². The monoisotopic (exact) mass is 224 g/mol. The van der Waals surface area contributed by atoms with Gasteiger partial charge in [0.15, 0.2) is 0 Å². The third-order valence-corrected chi connectivity index (χ3v) is 2.65. The van der Waals surface area contributed by atoms with E-state index in [9.17, 15) is 4.79 Å². The molecule has 1 N–H and O–H groups in total. The Hall–Kier alpha value is -1.23. The highest BCUT2D eigenvalue weighted by atomic mass is 16.2. The van der Waals surface area contributed by atoms with Gasteiger partial charge in [-0.05, 0) is 19.9 Å². The Morgan fingerprint density at radius 3 is 2.69 bits per heavy atom. The summed E-state index contributed by atoms with van der Waals surface area (Å²) < 4.78 is 0. The highest BCUT2D eigenvalue weighted by Gasteiger charge is 2.27. The van der Waals surface area contributed by atoms with Gasteiger partial charge in [-0.2, -0.15) is 5.10 Å². The van der Waals surface area contributed by atoms with Crippen molar-refractivity contribution in [3.63, 3.8) is 0 Å². The average Bonchev–Trinajstić information content (AvgIpc) is 2.28. The van der Waals surface area contributed by atoms with E-state index >= 15 is 0 Å². The largest absolute Gasteiger partial charge is 0.344 e. The normalized spacial score (nSPS) is 20.1. The number of carbonyl (C=O) groups excluding carboxylic acids is 1. The Morgan fingerprint density at radius 2 is 2.19 bits per heavy atom. The van der Waals surface area contributed by atoms with Gasteiger partial charge in [0.25, 0.3) is 5.91 Å². The molecule has 1 atom stereocenters. The van der Waals surface area contributed by atoms with Gasteiger partial charge in [0.2, 0.25) is 0 Å². The maximum Gasteiger partial charge on any atom is 0.269 e. The third-order valence-electron chi connectivity index (χ3n) is 2.65. The lowest BCUT2D eigenvalue weighted by atomic mass is 9.93. The fraction of sp³-hybridized carbons (Fsp3) is 0.727. The molecule has 0 aliphatic carbocycles. The molecule has 5 nitrogen and oxygen atoms in total. The number of carbonyl (C=O) groups is 1. The minimum absolute atomic E-state index is 0.0425. The van der Waals surface area contributed by atoms with Crippen LogP contribution in [-0.4, -0.2) is 49.9 Å². The summed E-state index contributed by atoms with van der Waals surface area (Å²) in [6.45, 7) is 2.82. The van der Waals surface area contributed by atoms with Gasteiger partial charge in [0, 0.05) is 32.3 Å². The molecule has 0 radical (unpaired) electrons. The molecule has 1 unspecified atom stereocenters. The molecule has 0 aromatic rings. The van der Waals surface area contributed by atoms with Crippen LogP contribution in [0.3, 0.4) is 0 Å². The first kappa shape index (κ1) is 12.8. The molecule has 0 bridgehead atoms. The molecule has 5 heteroatoms. The predicted molar refractivity (Wildman–Crippen MR) is 65.9 cm³/mol. The van der Waals surface area contributed by atoms with Crippen molar-refractivity contribution < 1.29 is 4.79 Å². The fourth-order valence-corrected chi connectivity index (χ4v) is 1.70. The van der Waals surface area contributed by atoms with Gasteiger partial charge in [-0.1, -0.05) is 6.92 Å². The topological polar surface area (TPSA) is 57.1 Å². The van der Waals surface area contributed by atoms with E-state index in [1.165, 1.54) is 0 Å². The van der Waals surface area contributed by atoms with Crippen LogP contribution in [0.1, 0.15) is 19.8 Å². The zero-order chi connectivity index (χ0) is 12.1.